The Labute approximate surface area is 159 Å². The fraction of sp³-hybridized carbons (Fsp3) is 0.550. The molecule has 1 atom stereocenters. The zero-order chi connectivity index (χ0) is 19.5. The van der Waals surface area contributed by atoms with Crippen LogP contribution in [0.5, 0.6) is 0 Å². The van der Waals surface area contributed by atoms with E-state index < -0.39 is 12.0 Å². The summed E-state index contributed by atoms with van der Waals surface area (Å²) < 4.78 is 0. The van der Waals surface area contributed by atoms with E-state index in [4.69, 9.17) is 0 Å². The van der Waals surface area contributed by atoms with Crippen molar-refractivity contribution in [1.82, 2.24) is 16.0 Å². The van der Waals surface area contributed by atoms with Gasteiger partial charge in [-0.2, -0.15) is 0 Å². The Morgan fingerprint density at radius 2 is 1.78 bits per heavy atom. The highest BCUT2D eigenvalue weighted by Gasteiger charge is 2.20. The zero-order valence-corrected chi connectivity index (χ0v) is 15.6. The lowest BCUT2D eigenvalue weighted by atomic mass is 9.96. The Morgan fingerprint density at radius 3 is 2.44 bits per heavy atom. The lowest BCUT2D eigenvalue weighted by molar-refractivity contribution is -0.141. The van der Waals surface area contributed by atoms with Crippen molar-refractivity contribution in [2.24, 2.45) is 0 Å². The monoisotopic (exact) mass is 375 g/mol. The number of hydrogen-bond donors (Lipinski definition) is 4. The summed E-state index contributed by atoms with van der Waals surface area (Å²) in [6.07, 6.45) is 6.45. The van der Waals surface area contributed by atoms with Crippen LogP contribution in [0.25, 0.3) is 0 Å². The van der Waals surface area contributed by atoms with E-state index in [0.717, 1.165) is 31.2 Å². The summed E-state index contributed by atoms with van der Waals surface area (Å²) >= 11 is 0. The Hall–Kier alpha value is -2.57. The molecule has 0 spiro atoms. The predicted octanol–water partition coefficient (Wildman–Crippen LogP) is 2.21. The van der Waals surface area contributed by atoms with Gasteiger partial charge in [-0.25, -0.2) is 9.59 Å². The maximum absolute atomic E-state index is 12.0. The van der Waals surface area contributed by atoms with Gasteiger partial charge in [0.15, 0.2) is 0 Å². The van der Waals surface area contributed by atoms with Gasteiger partial charge in [-0.05, 0) is 24.8 Å². The summed E-state index contributed by atoms with van der Waals surface area (Å²) in [7, 11) is 0. The van der Waals surface area contributed by atoms with Crippen molar-refractivity contribution >= 4 is 17.9 Å². The smallest absolute Gasteiger partial charge is 0.326 e. The summed E-state index contributed by atoms with van der Waals surface area (Å²) in [5, 5.41) is 17.6. The standard InChI is InChI=1S/C20H29N3O4/c24-18(23-17(19(25)26)14-15-8-3-1-4-9-15)12-7-13-21-20(27)22-16-10-5-2-6-11-16/h1,3-4,8-9,16-17H,2,5-7,10-14H2,(H,23,24)(H,25,26)(H2,21,22,27)/t17-/m0/s1. The molecule has 3 amide bonds. The Morgan fingerprint density at radius 1 is 1.07 bits per heavy atom. The highest BCUT2D eigenvalue weighted by atomic mass is 16.4. The van der Waals surface area contributed by atoms with Gasteiger partial charge in [0.05, 0.1) is 0 Å². The predicted molar refractivity (Wildman–Crippen MR) is 102 cm³/mol. The number of rotatable bonds is 9. The molecule has 0 saturated heterocycles. The number of aliphatic carboxylic acids is 1. The third kappa shape index (κ3) is 8.11. The second-order valence-electron chi connectivity index (χ2n) is 6.99. The number of carbonyl (C=O) groups is 3. The van der Waals surface area contributed by atoms with Crippen LogP contribution in [-0.4, -0.2) is 41.6 Å². The number of carboxylic acids is 1. The number of amides is 3. The Balaban J connectivity index is 1.63. The van der Waals surface area contributed by atoms with Gasteiger partial charge >= 0.3 is 12.0 Å². The minimum atomic E-state index is -1.06. The van der Waals surface area contributed by atoms with Gasteiger partial charge in [-0.1, -0.05) is 49.6 Å². The molecule has 1 saturated carbocycles. The van der Waals surface area contributed by atoms with Gasteiger partial charge < -0.3 is 21.1 Å². The van der Waals surface area contributed by atoms with Crippen LogP contribution in [0.15, 0.2) is 30.3 Å². The van der Waals surface area contributed by atoms with Gasteiger partial charge in [-0.3, -0.25) is 4.79 Å². The lowest BCUT2D eigenvalue weighted by Crippen LogP contribution is -2.44. The number of carbonyl (C=O) groups excluding carboxylic acids is 2. The SMILES string of the molecule is O=C(CCCNC(=O)NC1CCCCC1)N[C@@H](Cc1ccccc1)C(=O)O. The summed E-state index contributed by atoms with van der Waals surface area (Å²) in [5.41, 5.74) is 0.853. The van der Waals surface area contributed by atoms with Crippen LogP contribution >= 0.6 is 0 Å². The first-order valence-electron chi connectivity index (χ1n) is 9.65. The second kappa shape index (κ2) is 11.2. The van der Waals surface area contributed by atoms with Crippen LogP contribution in [0.2, 0.25) is 0 Å². The molecule has 1 fully saturated rings. The molecule has 0 unspecified atom stereocenters. The molecule has 1 aromatic carbocycles. The maximum Gasteiger partial charge on any atom is 0.326 e. The first kappa shape index (κ1) is 20.7. The molecule has 27 heavy (non-hydrogen) atoms. The molecule has 1 aliphatic rings. The van der Waals surface area contributed by atoms with E-state index in [0.29, 0.717) is 13.0 Å². The molecule has 0 bridgehead atoms. The Bertz CT molecular complexity index is 615. The maximum atomic E-state index is 12.0. The molecule has 0 aliphatic heterocycles. The molecule has 1 aromatic rings. The third-order valence-corrected chi connectivity index (χ3v) is 4.72. The van der Waals surface area contributed by atoms with Crippen LogP contribution in [0, 0.1) is 0 Å². The van der Waals surface area contributed by atoms with Crippen LogP contribution in [0.4, 0.5) is 4.79 Å². The van der Waals surface area contributed by atoms with Gasteiger partial charge in [0.2, 0.25) is 5.91 Å². The molecule has 7 nitrogen and oxygen atoms in total. The van der Waals surface area contributed by atoms with Crippen molar-refractivity contribution in [3.8, 4) is 0 Å². The van der Waals surface area contributed by atoms with Gasteiger partial charge in [-0.15, -0.1) is 0 Å². The van der Waals surface area contributed by atoms with E-state index in [1.807, 2.05) is 30.3 Å². The molecule has 0 aromatic heterocycles. The van der Waals surface area contributed by atoms with Crippen molar-refractivity contribution in [3.63, 3.8) is 0 Å². The Kier molecular flexibility index (Phi) is 8.61. The number of benzene rings is 1. The quantitative estimate of drug-likeness (QED) is 0.496. The van der Waals surface area contributed by atoms with E-state index in [1.54, 1.807) is 0 Å². The van der Waals surface area contributed by atoms with E-state index in [2.05, 4.69) is 16.0 Å². The minimum absolute atomic E-state index is 0.169. The van der Waals surface area contributed by atoms with Gasteiger partial charge in [0.1, 0.15) is 6.04 Å². The van der Waals surface area contributed by atoms with Gasteiger partial charge in [0, 0.05) is 25.4 Å². The number of urea groups is 1. The molecule has 0 heterocycles. The molecule has 0 radical (unpaired) electrons. The van der Waals surface area contributed by atoms with Crippen molar-refractivity contribution in [3.05, 3.63) is 35.9 Å². The van der Waals surface area contributed by atoms with E-state index >= 15 is 0 Å². The molecule has 4 N–H and O–H groups in total. The first-order chi connectivity index (χ1) is 13.0. The lowest BCUT2D eigenvalue weighted by Gasteiger charge is -2.22. The molecule has 7 heteroatoms. The molecule has 148 valence electrons. The molecule has 2 rings (SSSR count). The largest absolute Gasteiger partial charge is 0.480 e. The fourth-order valence-corrected chi connectivity index (χ4v) is 3.25. The molecule has 1 aliphatic carbocycles. The highest BCUT2D eigenvalue weighted by molar-refractivity contribution is 5.83. The van der Waals surface area contributed by atoms with Crippen LogP contribution in [0.3, 0.4) is 0 Å². The average molecular weight is 375 g/mol. The van der Waals surface area contributed by atoms with E-state index in [1.165, 1.54) is 6.42 Å². The average Bonchev–Trinajstić information content (AvgIpc) is 2.66. The number of nitrogens with one attached hydrogen (secondary N) is 3. The topological polar surface area (TPSA) is 108 Å². The summed E-state index contributed by atoms with van der Waals surface area (Å²) in [5.74, 6) is -1.38. The summed E-state index contributed by atoms with van der Waals surface area (Å²) in [4.78, 5) is 35.2. The first-order valence-corrected chi connectivity index (χ1v) is 9.65. The second-order valence-corrected chi connectivity index (χ2v) is 6.99. The molecular formula is C20H29N3O4. The van der Waals surface area contributed by atoms with E-state index in [9.17, 15) is 19.5 Å². The number of carboxylic acid groups (broad SMARTS) is 1. The molecular weight excluding hydrogens is 346 g/mol. The summed E-state index contributed by atoms with van der Waals surface area (Å²) in [6, 6.07) is 8.28. The zero-order valence-electron chi connectivity index (χ0n) is 15.6. The van der Waals surface area contributed by atoms with Crippen molar-refractivity contribution in [1.29, 1.82) is 0 Å². The highest BCUT2D eigenvalue weighted by Crippen LogP contribution is 2.17. The van der Waals surface area contributed by atoms with E-state index in [-0.39, 0.29) is 30.8 Å². The van der Waals surface area contributed by atoms with Crippen molar-refractivity contribution < 1.29 is 19.5 Å². The fourth-order valence-electron chi connectivity index (χ4n) is 3.25. The summed E-state index contributed by atoms with van der Waals surface area (Å²) in [6.45, 7) is 0.377. The van der Waals surface area contributed by atoms with Crippen LogP contribution in [-0.2, 0) is 16.0 Å². The van der Waals surface area contributed by atoms with Crippen molar-refractivity contribution in [2.45, 2.75) is 63.5 Å². The minimum Gasteiger partial charge on any atom is -0.480 e. The normalized spacial score (nSPS) is 15.6. The van der Waals surface area contributed by atoms with Crippen LogP contribution in [0.1, 0.15) is 50.5 Å². The van der Waals surface area contributed by atoms with Gasteiger partial charge in [0.25, 0.3) is 0 Å². The number of hydrogen-bond acceptors (Lipinski definition) is 3. The van der Waals surface area contributed by atoms with Crippen LogP contribution < -0.4 is 16.0 Å². The van der Waals surface area contributed by atoms with Crippen molar-refractivity contribution in [2.75, 3.05) is 6.54 Å². The third-order valence-electron chi connectivity index (χ3n) is 4.72.